The minimum Gasteiger partial charge on any atom is -0.338 e. The van der Waals surface area contributed by atoms with E-state index in [-0.39, 0.29) is 5.78 Å². The summed E-state index contributed by atoms with van der Waals surface area (Å²) in [5.41, 5.74) is 1.22. The normalized spacial score (nSPS) is 11.2. The number of Topliss-reactive ketones (excluding diaryl/α,β-unsaturated/α-hetero) is 1. The summed E-state index contributed by atoms with van der Waals surface area (Å²) in [5.74, 6) is 1.28. The van der Waals surface area contributed by atoms with Gasteiger partial charge in [0.15, 0.2) is 5.78 Å². The van der Waals surface area contributed by atoms with E-state index in [1.54, 1.807) is 6.92 Å². The molecule has 2 heterocycles. The summed E-state index contributed by atoms with van der Waals surface area (Å²) in [6.07, 6.45) is 5.91. The number of hydrogen-bond donors (Lipinski definition) is 0. The van der Waals surface area contributed by atoms with Gasteiger partial charge in [0.2, 0.25) is 0 Å². The fourth-order valence-electron chi connectivity index (χ4n) is 2.18. The fraction of sp³-hybridized carbons (Fsp3) is 0.467. The molecule has 0 N–H and O–H groups in total. The molecule has 0 unspecified atom stereocenters. The van der Waals surface area contributed by atoms with Crippen LogP contribution >= 0.6 is 11.3 Å². The number of carbonyl (C=O) groups is 1. The first kappa shape index (κ1) is 14.9. The van der Waals surface area contributed by atoms with Gasteiger partial charge in [-0.1, -0.05) is 0 Å². The summed E-state index contributed by atoms with van der Waals surface area (Å²) in [6, 6.07) is 2.00. The maximum atomic E-state index is 11.3. The lowest BCUT2D eigenvalue weighted by atomic mass is 10.2. The molecule has 0 radical (unpaired) electrons. The Labute approximate surface area is 124 Å². The van der Waals surface area contributed by atoms with Crippen LogP contribution in [0.3, 0.4) is 0 Å². The minimum atomic E-state index is 0.152. The quantitative estimate of drug-likeness (QED) is 0.736. The van der Waals surface area contributed by atoms with Crippen LogP contribution in [0.2, 0.25) is 0 Å². The van der Waals surface area contributed by atoms with E-state index in [0.717, 1.165) is 36.6 Å². The standard InChI is InChI=1S/C15H21N3OS/c1-12(19)14-9-13(11-20-14)10-17(2)7-4-5-15-16-6-8-18(15)3/h6,8-9,11H,4-5,7,10H2,1-3H3. The third kappa shape index (κ3) is 4.02. The van der Waals surface area contributed by atoms with E-state index in [1.807, 2.05) is 25.5 Å². The molecule has 0 aromatic carbocycles. The highest BCUT2D eigenvalue weighted by Crippen LogP contribution is 2.16. The first-order chi connectivity index (χ1) is 9.56. The van der Waals surface area contributed by atoms with Crippen LogP contribution in [0.5, 0.6) is 0 Å². The van der Waals surface area contributed by atoms with E-state index >= 15 is 0 Å². The number of ketones is 1. The number of nitrogens with zero attached hydrogens (tertiary/aromatic N) is 3. The molecule has 2 aromatic heterocycles. The van der Waals surface area contributed by atoms with Gasteiger partial charge in [-0.05, 0) is 43.9 Å². The van der Waals surface area contributed by atoms with E-state index in [4.69, 9.17) is 0 Å². The van der Waals surface area contributed by atoms with Crippen molar-refractivity contribution in [2.45, 2.75) is 26.3 Å². The Balaban J connectivity index is 1.76. The van der Waals surface area contributed by atoms with Crippen LogP contribution < -0.4 is 0 Å². The van der Waals surface area contributed by atoms with Gasteiger partial charge in [0, 0.05) is 32.4 Å². The molecule has 0 aliphatic rings. The number of aryl methyl sites for hydroxylation is 2. The lowest BCUT2D eigenvalue weighted by Crippen LogP contribution is -2.19. The third-order valence-electron chi connectivity index (χ3n) is 3.31. The number of thiophene rings is 1. The summed E-state index contributed by atoms with van der Waals surface area (Å²) in [5, 5.41) is 2.08. The number of imidazole rings is 1. The molecule has 2 rings (SSSR count). The molecule has 4 nitrogen and oxygen atoms in total. The zero-order chi connectivity index (χ0) is 14.5. The Morgan fingerprint density at radius 1 is 1.50 bits per heavy atom. The second-order valence-corrected chi connectivity index (χ2v) is 6.08. The Hall–Kier alpha value is -1.46. The highest BCUT2D eigenvalue weighted by molar-refractivity contribution is 7.12. The molecular weight excluding hydrogens is 270 g/mol. The Morgan fingerprint density at radius 2 is 2.30 bits per heavy atom. The van der Waals surface area contributed by atoms with Gasteiger partial charge >= 0.3 is 0 Å². The van der Waals surface area contributed by atoms with Crippen molar-refractivity contribution in [2.24, 2.45) is 7.05 Å². The van der Waals surface area contributed by atoms with Crippen molar-refractivity contribution < 1.29 is 4.79 Å². The Kier molecular flexibility index (Phi) is 5.09. The lowest BCUT2D eigenvalue weighted by Gasteiger charge is -2.15. The smallest absolute Gasteiger partial charge is 0.169 e. The van der Waals surface area contributed by atoms with Crippen LogP contribution in [0.25, 0.3) is 0 Å². The molecule has 0 aliphatic heterocycles. The van der Waals surface area contributed by atoms with Crippen molar-refractivity contribution in [3.05, 3.63) is 40.1 Å². The highest BCUT2D eigenvalue weighted by Gasteiger charge is 2.07. The zero-order valence-corrected chi connectivity index (χ0v) is 13.1. The van der Waals surface area contributed by atoms with Crippen molar-refractivity contribution in [3.8, 4) is 0 Å². The Morgan fingerprint density at radius 3 is 2.90 bits per heavy atom. The number of rotatable bonds is 7. The van der Waals surface area contributed by atoms with Crippen LogP contribution in [0.15, 0.2) is 23.8 Å². The lowest BCUT2D eigenvalue weighted by molar-refractivity contribution is 0.102. The minimum absolute atomic E-state index is 0.152. The highest BCUT2D eigenvalue weighted by atomic mass is 32.1. The Bertz CT molecular complexity index is 573. The molecule has 0 aliphatic carbocycles. The molecule has 0 saturated carbocycles. The van der Waals surface area contributed by atoms with Gasteiger partial charge in [-0.15, -0.1) is 11.3 Å². The SMILES string of the molecule is CC(=O)c1cc(CN(C)CCCc2nccn2C)cs1. The van der Waals surface area contributed by atoms with Crippen LogP contribution in [-0.4, -0.2) is 33.8 Å². The van der Waals surface area contributed by atoms with E-state index in [2.05, 4.69) is 26.9 Å². The molecule has 5 heteroatoms. The van der Waals surface area contributed by atoms with Gasteiger partial charge in [-0.3, -0.25) is 4.79 Å². The summed E-state index contributed by atoms with van der Waals surface area (Å²) in [7, 11) is 4.14. The second-order valence-electron chi connectivity index (χ2n) is 5.17. The van der Waals surface area contributed by atoms with Crippen molar-refractivity contribution in [1.82, 2.24) is 14.5 Å². The molecule has 0 fully saturated rings. The van der Waals surface area contributed by atoms with E-state index in [0.29, 0.717) is 0 Å². The predicted molar refractivity (Wildman–Crippen MR) is 82.2 cm³/mol. The molecule has 0 bridgehead atoms. The van der Waals surface area contributed by atoms with Gasteiger partial charge in [-0.2, -0.15) is 0 Å². The summed E-state index contributed by atoms with van der Waals surface area (Å²) in [4.78, 5) is 18.7. The summed E-state index contributed by atoms with van der Waals surface area (Å²) in [6.45, 7) is 3.54. The zero-order valence-electron chi connectivity index (χ0n) is 12.3. The average Bonchev–Trinajstić information content (AvgIpc) is 2.99. The van der Waals surface area contributed by atoms with Crippen molar-refractivity contribution in [2.75, 3.05) is 13.6 Å². The van der Waals surface area contributed by atoms with Crippen molar-refractivity contribution in [3.63, 3.8) is 0 Å². The maximum absolute atomic E-state index is 11.3. The van der Waals surface area contributed by atoms with Crippen LogP contribution in [0.1, 0.15) is 34.4 Å². The predicted octanol–water partition coefficient (Wildman–Crippen LogP) is 2.75. The third-order valence-corrected chi connectivity index (χ3v) is 4.39. The number of hydrogen-bond acceptors (Lipinski definition) is 4. The van der Waals surface area contributed by atoms with Gasteiger partial charge in [0.1, 0.15) is 5.82 Å². The van der Waals surface area contributed by atoms with Gasteiger partial charge < -0.3 is 9.47 Å². The fourth-order valence-corrected chi connectivity index (χ4v) is 2.98. The molecule has 20 heavy (non-hydrogen) atoms. The number of aromatic nitrogens is 2. The van der Waals surface area contributed by atoms with Crippen LogP contribution in [0, 0.1) is 0 Å². The average molecular weight is 291 g/mol. The van der Waals surface area contributed by atoms with E-state index in [9.17, 15) is 4.79 Å². The van der Waals surface area contributed by atoms with Gasteiger partial charge in [0.05, 0.1) is 4.88 Å². The molecule has 0 spiro atoms. The topological polar surface area (TPSA) is 38.1 Å². The molecule has 0 atom stereocenters. The second kappa shape index (κ2) is 6.81. The first-order valence-electron chi connectivity index (χ1n) is 6.79. The van der Waals surface area contributed by atoms with E-state index in [1.165, 1.54) is 16.9 Å². The van der Waals surface area contributed by atoms with Crippen molar-refractivity contribution >= 4 is 17.1 Å². The molecule has 2 aromatic rings. The molecule has 0 saturated heterocycles. The summed E-state index contributed by atoms with van der Waals surface area (Å²) < 4.78 is 2.07. The summed E-state index contributed by atoms with van der Waals surface area (Å²) >= 11 is 1.53. The van der Waals surface area contributed by atoms with E-state index < -0.39 is 0 Å². The van der Waals surface area contributed by atoms with Crippen molar-refractivity contribution in [1.29, 1.82) is 0 Å². The molecular formula is C15H21N3OS. The largest absolute Gasteiger partial charge is 0.338 e. The van der Waals surface area contributed by atoms with Crippen LogP contribution in [-0.2, 0) is 20.0 Å². The van der Waals surface area contributed by atoms with Crippen LogP contribution in [0.4, 0.5) is 0 Å². The maximum Gasteiger partial charge on any atom is 0.169 e. The molecule has 0 amide bonds. The monoisotopic (exact) mass is 291 g/mol. The number of carbonyl (C=O) groups excluding carboxylic acids is 1. The molecule has 108 valence electrons. The first-order valence-corrected chi connectivity index (χ1v) is 7.67. The van der Waals surface area contributed by atoms with Gasteiger partial charge in [0.25, 0.3) is 0 Å². The van der Waals surface area contributed by atoms with Gasteiger partial charge in [-0.25, -0.2) is 4.98 Å².